The van der Waals surface area contributed by atoms with E-state index in [9.17, 15) is 9.59 Å². The van der Waals surface area contributed by atoms with Crippen LogP contribution in [0.5, 0.6) is 0 Å². The summed E-state index contributed by atoms with van der Waals surface area (Å²) in [7, 11) is 0. The van der Waals surface area contributed by atoms with Gasteiger partial charge in [0.1, 0.15) is 0 Å². The smallest absolute Gasteiger partial charge is 0.306 e. The number of nitrogens with zero attached hydrogens (tertiary/aromatic N) is 1. The Morgan fingerprint density at radius 1 is 1.35 bits per heavy atom. The molecule has 1 saturated heterocycles. The predicted molar refractivity (Wildman–Crippen MR) is 76.1 cm³/mol. The highest BCUT2D eigenvalue weighted by atomic mass is 16.4. The molecule has 0 spiro atoms. The Hall–Kier alpha value is -1.84. The second-order valence-electron chi connectivity index (χ2n) is 5.68. The van der Waals surface area contributed by atoms with Crippen LogP contribution in [0.1, 0.15) is 38.3 Å². The lowest BCUT2D eigenvalue weighted by Gasteiger charge is -2.25. The van der Waals surface area contributed by atoms with Crippen molar-refractivity contribution in [3.8, 4) is 0 Å². The van der Waals surface area contributed by atoms with Gasteiger partial charge in [0.05, 0.1) is 12.0 Å². The number of amides is 1. The van der Waals surface area contributed by atoms with Gasteiger partial charge in [0.15, 0.2) is 0 Å². The molecule has 1 unspecified atom stereocenters. The lowest BCUT2D eigenvalue weighted by Crippen LogP contribution is -2.28. The molecular formula is C16H21NO3. The highest BCUT2D eigenvalue weighted by Crippen LogP contribution is 2.31. The molecule has 0 radical (unpaired) electrons. The van der Waals surface area contributed by atoms with Crippen molar-refractivity contribution in [2.75, 3.05) is 6.54 Å². The summed E-state index contributed by atoms with van der Waals surface area (Å²) >= 11 is 0. The molecule has 0 aromatic heterocycles. The molecule has 1 aliphatic rings. The Morgan fingerprint density at radius 3 is 2.60 bits per heavy atom. The van der Waals surface area contributed by atoms with Gasteiger partial charge in [0.25, 0.3) is 0 Å². The van der Waals surface area contributed by atoms with E-state index in [1.54, 1.807) is 6.92 Å². The van der Waals surface area contributed by atoms with E-state index >= 15 is 0 Å². The molecule has 1 amide bonds. The zero-order valence-electron chi connectivity index (χ0n) is 12.0. The van der Waals surface area contributed by atoms with E-state index in [1.807, 2.05) is 42.2 Å². The van der Waals surface area contributed by atoms with Crippen LogP contribution < -0.4 is 0 Å². The molecule has 108 valence electrons. The molecule has 4 heteroatoms. The molecular weight excluding hydrogens is 254 g/mol. The van der Waals surface area contributed by atoms with Crippen molar-refractivity contribution in [2.45, 2.75) is 32.7 Å². The topological polar surface area (TPSA) is 57.6 Å². The van der Waals surface area contributed by atoms with Crippen LogP contribution in [0.15, 0.2) is 30.3 Å². The van der Waals surface area contributed by atoms with Crippen LogP contribution in [-0.4, -0.2) is 28.4 Å². The van der Waals surface area contributed by atoms with Crippen molar-refractivity contribution in [3.63, 3.8) is 0 Å². The number of aliphatic carboxylic acids is 1. The van der Waals surface area contributed by atoms with Gasteiger partial charge in [-0.15, -0.1) is 0 Å². The second-order valence-corrected chi connectivity index (χ2v) is 5.68. The van der Waals surface area contributed by atoms with E-state index in [2.05, 4.69) is 0 Å². The van der Waals surface area contributed by atoms with Gasteiger partial charge < -0.3 is 10.0 Å². The Balaban J connectivity index is 2.01. The molecule has 1 aromatic carbocycles. The van der Waals surface area contributed by atoms with Crippen molar-refractivity contribution in [1.82, 2.24) is 4.90 Å². The van der Waals surface area contributed by atoms with Crippen molar-refractivity contribution >= 4 is 11.9 Å². The second kappa shape index (κ2) is 6.07. The van der Waals surface area contributed by atoms with Crippen LogP contribution in [0.4, 0.5) is 0 Å². The minimum Gasteiger partial charge on any atom is -0.481 e. The minimum absolute atomic E-state index is 0.0498. The first-order valence-corrected chi connectivity index (χ1v) is 7.06. The molecule has 20 heavy (non-hydrogen) atoms. The first kappa shape index (κ1) is 14.6. The van der Waals surface area contributed by atoms with Gasteiger partial charge in [0, 0.05) is 13.0 Å². The summed E-state index contributed by atoms with van der Waals surface area (Å²) in [5.41, 5.74) is 1.12. The summed E-state index contributed by atoms with van der Waals surface area (Å²) in [6, 6.07) is 9.98. The number of carboxylic acids is 1. The number of carboxylic acid groups (broad SMARTS) is 1. The number of benzene rings is 1. The van der Waals surface area contributed by atoms with Gasteiger partial charge in [-0.25, -0.2) is 0 Å². The molecule has 1 heterocycles. The number of likely N-dealkylation sites (tertiary alicyclic amines) is 1. The number of hydrogen-bond acceptors (Lipinski definition) is 2. The van der Waals surface area contributed by atoms with Gasteiger partial charge in [0.2, 0.25) is 5.91 Å². The van der Waals surface area contributed by atoms with Crippen molar-refractivity contribution in [1.29, 1.82) is 0 Å². The summed E-state index contributed by atoms with van der Waals surface area (Å²) in [5, 5.41) is 8.96. The first-order valence-electron chi connectivity index (χ1n) is 7.06. The van der Waals surface area contributed by atoms with Gasteiger partial charge in [-0.3, -0.25) is 9.59 Å². The van der Waals surface area contributed by atoms with E-state index in [1.165, 1.54) is 0 Å². The molecule has 0 bridgehead atoms. The predicted octanol–water partition coefficient (Wildman–Crippen LogP) is 2.71. The fraction of sp³-hybridized carbons (Fsp3) is 0.500. The zero-order chi connectivity index (χ0) is 14.7. The van der Waals surface area contributed by atoms with Crippen LogP contribution in [-0.2, 0) is 9.59 Å². The summed E-state index contributed by atoms with van der Waals surface area (Å²) < 4.78 is 0. The molecule has 0 aliphatic carbocycles. The van der Waals surface area contributed by atoms with Crippen LogP contribution >= 0.6 is 0 Å². The van der Waals surface area contributed by atoms with Gasteiger partial charge in [-0.2, -0.15) is 0 Å². The Labute approximate surface area is 119 Å². The van der Waals surface area contributed by atoms with Gasteiger partial charge in [-0.05, 0) is 24.8 Å². The van der Waals surface area contributed by atoms with Crippen LogP contribution in [0, 0.1) is 11.8 Å². The largest absolute Gasteiger partial charge is 0.481 e. The molecule has 4 nitrogen and oxygen atoms in total. The Morgan fingerprint density at radius 2 is 2.00 bits per heavy atom. The number of carbonyl (C=O) groups is 2. The van der Waals surface area contributed by atoms with Crippen LogP contribution in [0.25, 0.3) is 0 Å². The molecule has 2 rings (SSSR count). The summed E-state index contributed by atoms with van der Waals surface area (Å²) in [6.07, 6.45) is 1.04. The maximum atomic E-state index is 12.1. The maximum absolute atomic E-state index is 12.1. The monoisotopic (exact) mass is 275 g/mol. The molecule has 1 aromatic rings. The highest BCUT2D eigenvalue weighted by Gasteiger charge is 2.34. The molecule has 3 atom stereocenters. The fourth-order valence-corrected chi connectivity index (χ4v) is 2.85. The van der Waals surface area contributed by atoms with Crippen molar-refractivity contribution < 1.29 is 14.7 Å². The van der Waals surface area contributed by atoms with Crippen LogP contribution in [0.3, 0.4) is 0 Å². The van der Waals surface area contributed by atoms with E-state index in [4.69, 9.17) is 5.11 Å². The number of carbonyl (C=O) groups excluding carboxylic acids is 1. The van der Waals surface area contributed by atoms with Gasteiger partial charge >= 0.3 is 5.97 Å². The minimum atomic E-state index is -0.785. The Bertz CT molecular complexity index is 486. The van der Waals surface area contributed by atoms with E-state index in [0.29, 0.717) is 19.4 Å². The average molecular weight is 275 g/mol. The molecule has 1 fully saturated rings. The molecule has 1 N–H and O–H groups in total. The summed E-state index contributed by atoms with van der Waals surface area (Å²) in [6.45, 7) is 4.39. The van der Waals surface area contributed by atoms with E-state index in [-0.39, 0.29) is 23.8 Å². The third kappa shape index (κ3) is 3.18. The SMILES string of the molecule is CC(C[C@H]1CC(=O)N([C@@H](C)c2ccccc2)C1)C(=O)O. The fourth-order valence-electron chi connectivity index (χ4n) is 2.85. The third-order valence-electron chi connectivity index (χ3n) is 4.10. The van der Waals surface area contributed by atoms with E-state index < -0.39 is 5.97 Å². The molecule has 1 aliphatic heterocycles. The normalized spacial score (nSPS) is 21.8. The highest BCUT2D eigenvalue weighted by molar-refractivity contribution is 5.79. The van der Waals surface area contributed by atoms with Crippen molar-refractivity contribution in [2.24, 2.45) is 11.8 Å². The van der Waals surface area contributed by atoms with E-state index in [0.717, 1.165) is 5.56 Å². The van der Waals surface area contributed by atoms with Crippen LogP contribution in [0.2, 0.25) is 0 Å². The number of hydrogen-bond donors (Lipinski definition) is 1. The number of rotatable bonds is 5. The standard InChI is InChI=1S/C16H21NO3/c1-11(16(19)20)8-13-9-15(18)17(10-13)12(2)14-6-4-3-5-7-14/h3-7,11-13H,8-10H2,1-2H3,(H,19,20)/t11?,12-,13-/m0/s1. The lowest BCUT2D eigenvalue weighted by atomic mass is 9.95. The first-order chi connectivity index (χ1) is 9.49. The Kier molecular flexibility index (Phi) is 4.42. The summed E-state index contributed by atoms with van der Waals surface area (Å²) in [5.74, 6) is -0.893. The average Bonchev–Trinajstić information content (AvgIpc) is 2.79. The zero-order valence-corrected chi connectivity index (χ0v) is 12.0. The quantitative estimate of drug-likeness (QED) is 0.899. The van der Waals surface area contributed by atoms with Gasteiger partial charge in [-0.1, -0.05) is 37.3 Å². The maximum Gasteiger partial charge on any atom is 0.306 e. The lowest BCUT2D eigenvalue weighted by molar-refractivity contribution is -0.141. The molecule has 0 saturated carbocycles. The summed E-state index contributed by atoms with van der Waals surface area (Å²) in [4.78, 5) is 24.9. The van der Waals surface area contributed by atoms with Crippen molar-refractivity contribution in [3.05, 3.63) is 35.9 Å². The third-order valence-corrected chi connectivity index (χ3v) is 4.10.